The minimum absolute atomic E-state index is 0.0911. The van der Waals surface area contributed by atoms with E-state index in [0.29, 0.717) is 5.75 Å². The van der Waals surface area contributed by atoms with Gasteiger partial charge < -0.3 is 5.73 Å². The summed E-state index contributed by atoms with van der Waals surface area (Å²) in [5.41, 5.74) is 7.29. The summed E-state index contributed by atoms with van der Waals surface area (Å²) < 4.78 is 12.5. The molecule has 0 spiro atoms. The van der Waals surface area contributed by atoms with E-state index in [1.54, 1.807) is 0 Å². The minimum Gasteiger partial charge on any atom is -0.327 e. The van der Waals surface area contributed by atoms with E-state index in [2.05, 4.69) is 0 Å². The predicted molar refractivity (Wildman–Crippen MR) is 82.8 cm³/mol. The lowest BCUT2D eigenvalue weighted by atomic mass is 9.97. The molecule has 0 heterocycles. The van der Waals surface area contributed by atoms with Crippen LogP contribution in [0.1, 0.15) is 44.1 Å². The van der Waals surface area contributed by atoms with Gasteiger partial charge >= 0.3 is 0 Å². The van der Waals surface area contributed by atoms with Crippen LogP contribution in [0.4, 0.5) is 0 Å². The van der Waals surface area contributed by atoms with Gasteiger partial charge in [0, 0.05) is 27.6 Å². The molecule has 0 amide bonds. The van der Waals surface area contributed by atoms with Gasteiger partial charge in [0.15, 0.2) is 0 Å². The molecule has 1 aliphatic carbocycles. The van der Waals surface area contributed by atoms with Gasteiger partial charge in [0.2, 0.25) is 0 Å². The third kappa shape index (κ3) is 4.59. The van der Waals surface area contributed by atoms with Crippen LogP contribution in [0.5, 0.6) is 0 Å². The molecule has 2 N–H and O–H groups in total. The molecular weight excluding hydrogens is 278 g/mol. The van der Waals surface area contributed by atoms with Crippen molar-refractivity contribution in [2.45, 2.75) is 55.6 Å². The zero-order chi connectivity index (χ0) is 13.7. The number of hydrogen-bond acceptors (Lipinski definition) is 2. The van der Waals surface area contributed by atoms with Gasteiger partial charge in [0.25, 0.3) is 0 Å². The molecule has 2 nitrogen and oxygen atoms in total. The van der Waals surface area contributed by atoms with E-state index < -0.39 is 10.8 Å². The Morgan fingerprint density at radius 3 is 2.42 bits per heavy atom. The predicted octanol–water partition coefficient (Wildman–Crippen LogP) is 3.64. The molecule has 4 heteroatoms. The highest BCUT2D eigenvalue weighted by Gasteiger charge is 2.24. The molecule has 19 heavy (non-hydrogen) atoms. The van der Waals surface area contributed by atoms with E-state index >= 15 is 0 Å². The number of nitrogens with two attached hydrogens (primary N) is 1. The number of hydrogen-bond donors (Lipinski definition) is 1. The Bertz CT molecular complexity index is 421. The molecule has 1 aromatic carbocycles. The fraction of sp³-hybridized carbons (Fsp3) is 0.600. The van der Waals surface area contributed by atoms with E-state index in [-0.39, 0.29) is 11.3 Å². The molecule has 0 radical (unpaired) electrons. The lowest BCUT2D eigenvalue weighted by molar-refractivity contribution is 0.456. The summed E-state index contributed by atoms with van der Waals surface area (Å²) in [6, 6.07) is 7.70. The zero-order valence-electron chi connectivity index (χ0n) is 11.2. The van der Waals surface area contributed by atoms with E-state index in [0.717, 1.165) is 29.8 Å². The Kier molecular flexibility index (Phi) is 5.86. The van der Waals surface area contributed by atoms with Gasteiger partial charge in [-0.25, -0.2) is 0 Å². The van der Waals surface area contributed by atoms with Crippen LogP contribution >= 0.6 is 11.6 Å². The molecule has 1 saturated carbocycles. The van der Waals surface area contributed by atoms with Crippen LogP contribution in [0.2, 0.25) is 5.02 Å². The first kappa shape index (κ1) is 15.0. The van der Waals surface area contributed by atoms with Crippen LogP contribution in [0.15, 0.2) is 24.3 Å². The standard InChI is InChI=1S/C15H22ClNOS/c16-13-9-7-12(8-10-13)11-19(18)15-6-4-2-1-3-5-14(15)17/h7-10,14-15H,1-6,11,17H2. The second-order valence-electron chi connectivity index (χ2n) is 5.35. The summed E-state index contributed by atoms with van der Waals surface area (Å²) >= 11 is 5.86. The van der Waals surface area contributed by atoms with E-state index in [4.69, 9.17) is 17.3 Å². The normalized spacial score (nSPS) is 26.4. The molecule has 1 fully saturated rings. The van der Waals surface area contributed by atoms with E-state index in [9.17, 15) is 4.21 Å². The highest BCUT2D eigenvalue weighted by Crippen LogP contribution is 2.22. The van der Waals surface area contributed by atoms with Gasteiger partial charge in [-0.15, -0.1) is 0 Å². The molecular formula is C15H22ClNOS. The average Bonchev–Trinajstić information content (AvgIpc) is 2.37. The first-order valence-electron chi connectivity index (χ1n) is 7.04. The number of halogens is 1. The lowest BCUT2D eigenvalue weighted by Gasteiger charge is -2.25. The summed E-state index contributed by atoms with van der Waals surface area (Å²) in [4.78, 5) is 0. The Morgan fingerprint density at radius 1 is 1.11 bits per heavy atom. The van der Waals surface area contributed by atoms with Gasteiger partial charge in [0.1, 0.15) is 0 Å². The summed E-state index contributed by atoms with van der Waals surface area (Å²) in [5.74, 6) is 0.593. The van der Waals surface area contributed by atoms with E-state index in [1.165, 1.54) is 19.3 Å². The van der Waals surface area contributed by atoms with Crippen molar-refractivity contribution in [1.29, 1.82) is 0 Å². The first-order chi connectivity index (χ1) is 9.16. The van der Waals surface area contributed by atoms with Crippen LogP contribution in [0.25, 0.3) is 0 Å². The van der Waals surface area contributed by atoms with Crippen molar-refractivity contribution in [3.63, 3.8) is 0 Å². The smallest absolute Gasteiger partial charge is 0.0502 e. The Hall–Kier alpha value is -0.380. The zero-order valence-corrected chi connectivity index (χ0v) is 12.8. The molecule has 3 unspecified atom stereocenters. The van der Waals surface area contributed by atoms with Gasteiger partial charge in [0.05, 0.1) is 5.25 Å². The largest absolute Gasteiger partial charge is 0.327 e. The van der Waals surface area contributed by atoms with Crippen LogP contribution in [0.3, 0.4) is 0 Å². The maximum absolute atomic E-state index is 12.5. The van der Waals surface area contributed by atoms with Crippen LogP contribution in [-0.4, -0.2) is 15.5 Å². The highest BCUT2D eigenvalue weighted by molar-refractivity contribution is 7.84. The molecule has 0 saturated heterocycles. The maximum atomic E-state index is 12.5. The van der Waals surface area contributed by atoms with Crippen LogP contribution in [-0.2, 0) is 16.6 Å². The molecule has 1 aromatic rings. The van der Waals surface area contributed by atoms with Gasteiger partial charge in [-0.3, -0.25) is 4.21 Å². The molecule has 2 rings (SSSR count). The minimum atomic E-state index is -0.881. The monoisotopic (exact) mass is 299 g/mol. The van der Waals surface area contributed by atoms with Crippen molar-refractivity contribution in [3.8, 4) is 0 Å². The average molecular weight is 300 g/mol. The van der Waals surface area contributed by atoms with E-state index in [1.807, 2.05) is 24.3 Å². The number of rotatable bonds is 3. The quantitative estimate of drug-likeness (QED) is 0.926. The molecule has 106 valence electrons. The van der Waals surface area contributed by atoms with Crippen molar-refractivity contribution in [2.75, 3.05) is 0 Å². The highest BCUT2D eigenvalue weighted by atomic mass is 35.5. The van der Waals surface area contributed by atoms with Crippen LogP contribution in [0, 0.1) is 0 Å². The number of benzene rings is 1. The third-order valence-corrected chi connectivity index (χ3v) is 5.94. The summed E-state index contributed by atoms with van der Waals surface area (Å²) in [7, 11) is -0.881. The summed E-state index contributed by atoms with van der Waals surface area (Å²) in [5, 5.41) is 0.869. The van der Waals surface area contributed by atoms with Crippen molar-refractivity contribution in [1.82, 2.24) is 0 Å². The lowest BCUT2D eigenvalue weighted by Crippen LogP contribution is -2.39. The van der Waals surface area contributed by atoms with Crippen molar-refractivity contribution in [3.05, 3.63) is 34.9 Å². The topological polar surface area (TPSA) is 43.1 Å². The SMILES string of the molecule is NC1CCCCCCC1S(=O)Cc1ccc(Cl)cc1. The fourth-order valence-corrected chi connectivity index (χ4v) is 4.47. The van der Waals surface area contributed by atoms with Crippen molar-refractivity contribution < 1.29 is 4.21 Å². The second-order valence-corrected chi connectivity index (χ2v) is 7.44. The van der Waals surface area contributed by atoms with Gasteiger partial charge in [-0.1, -0.05) is 49.4 Å². The molecule has 0 bridgehead atoms. The molecule has 0 aliphatic heterocycles. The maximum Gasteiger partial charge on any atom is 0.0502 e. The molecule has 0 aromatic heterocycles. The third-order valence-electron chi connectivity index (χ3n) is 3.81. The first-order valence-corrected chi connectivity index (χ1v) is 8.80. The fourth-order valence-electron chi connectivity index (χ4n) is 2.66. The molecule has 3 atom stereocenters. The summed E-state index contributed by atoms with van der Waals surface area (Å²) in [6.07, 6.45) is 6.87. The second kappa shape index (κ2) is 7.41. The Balaban J connectivity index is 1.98. The van der Waals surface area contributed by atoms with Crippen molar-refractivity contribution >= 4 is 22.4 Å². The Labute approximate surface area is 123 Å². The van der Waals surface area contributed by atoms with Crippen LogP contribution < -0.4 is 5.73 Å². The van der Waals surface area contributed by atoms with Gasteiger partial charge in [-0.2, -0.15) is 0 Å². The van der Waals surface area contributed by atoms with Crippen molar-refractivity contribution in [2.24, 2.45) is 5.73 Å². The molecule has 1 aliphatic rings. The van der Waals surface area contributed by atoms with Gasteiger partial charge in [-0.05, 0) is 30.5 Å². The summed E-state index contributed by atoms with van der Waals surface area (Å²) in [6.45, 7) is 0. The Morgan fingerprint density at radius 2 is 1.74 bits per heavy atom.